The summed E-state index contributed by atoms with van der Waals surface area (Å²) in [5, 5.41) is 5.55. The number of aromatic nitrogens is 3. The maximum absolute atomic E-state index is 4.33. The molecule has 1 atom stereocenters. The van der Waals surface area contributed by atoms with E-state index >= 15 is 0 Å². The monoisotopic (exact) mass is 248 g/mol. The Bertz CT molecular complexity index is 457. The van der Waals surface area contributed by atoms with Crippen molar-refractivity contribution < 1.29 is 0 Å². The normalized spacial score (nSPS) is 20.6. The van der Waals surface area contributed by atoms with Gasteiger partial charge in [-0.15, -0.1) is 11.3 Å². The van der Waals surface area contributed by atoms with Crippen molar-refractivity contribution in [1.82, 2.24) is 19.9 Å². The van der Waals surface area contributed by atoms with Crippen molar-refractivity contribution in [1.29, 1.82) is 0 Å². The van der Waals surface area contributed by atoms with E-state index in [0.717, 1.165) is 25.3 Å². The molecular weight excluding hydrogens is 232 g/mol. The van der Waals surface area contributed by atoms with E-state index in [2.05, 4.69) is 25.2 Å². The average Bonchev–Trinajstić information content (AvgIpc) is 3.02. The van der Waals surface area contributed by atoms with E-state index in [9.17, 15) is 0 Å². The summed E-state index contributed by atoms with van der Waals surface area (Å²) in [5.74, 6) is 0.602. The van der Waals surface area contributed by atoms with Gasteiger partial charge < -0.3 is 9.88 Å². The van der Waals surface area contributed by atoms with Crippen LogP contribution in [-0.2, 0) is 6.54 Å². The van der Waals surface area contributed by atoms with Crippen LogP contribution in [0.2, 0.25) is 0 Å². The number of hydrogen-bond acceptors (Lipinski definition) is 4. The van der Waals surface area contributed by atoms with Crippen LogP contribution in [0.5, 0.6) is 0 Å². The molecule has 5 heteroatoms. The Balaban J connectivity index is 1.78. The van der Waals surface area contributed by atoms with Crippen LogP contribution in [0, 0.1) is 0 Å². The van der Waals surface area contributed by atoms with Crippen molar-refractivity contribution in [2.24, 2.45) is 0 Å². The number of imidazole rings is 1. The molecule has 1 aliphatic heterocycles. The minimum Gasteiger partial charge on any atom is -0.328 e. The number of piperidine rings is 1. The van der Waals surface area contributed by atoms with Crippen molar-refractivity contribution in [2.75, 3.05) is 13.1 Å². The Morgan fingerprint density at radius 2 is 2.53 bits per heavy atom. The Morgan fingerprint density at radius 1 is 1.53 bits per heavy atom. The molecule has 1 aliphatic rings. The van der Waals surface area contributed by atoms with Crippen molar-refractivity contribution >= 4 is 11.3 Å². The van der Waals surface area contributed by atoms with Crippen molar-refractivity contribution in [2.45, 2.75) is 25.3 Å². The van der Waals surface area contributed by atoms with Gasteiger partial charge in [0.2, 0.25) is 0 Å². The average molecular weight is 248 g/mol. The summed E-state index contributed by atoms with van der Waals surface area (Å²) in [7, 11) is 0. The molecule has 1 saturated heterocycles. The summed E-state index contributed by atoms with van der Waals surface area (Å²) in [4.78, 5) is 8.62. The minimum atomic E-state index is 0.602. The molecule has 0 bridgehead atoms. The molecule has 0 radical (unpaired) electrons. The summed E-state index contributed by atoms with van der Waals surface area (Å²) in [6, 6.07) is 0. The van der Waals surface area contributed by atoms with Crippen LogP contribution >= 0.6 is 11.3 Å². The molecule has 2 aromatic rings. The summed E-state index contributed by atoms with van der Waals surface area (Å²) in [6.45, 7) is 3.06. The lowest BCUT2D eigenvalue weighted by molar-refractivity contribution is 0.443. The van der Waals surface area contributed by atoms with Crippen LogP contribution < -0.4 is 5.32 Å². The summed E-state index contributed by atoms with van der Waals surface area (Å²) in [5.41, 5.74) is 4.34. The van der Waals surface area contributed by atoms with Gasteiger partial charge in [0.05, 0.1) is 24.1 Å². The molecule has 0 spiro atoms. The zero-order valence-corrected chi connectivity index (χ0v) is 10.5. The van der Waals surface area contributed by atoms with E-state index in [1.807, 2.05) is 18.0 Å². The number of nitrogens with one attached hydrogen (secondary N) is 1. The van der Waals surface area contributed by atoms with Crippen LogP contribution in [0.3, 0.4) is 0 Å². The van der Waals surface area contributed by atoms with Gasteiger partial charge in [0, 0.05) is 29.7 Å². The van der Waals surface area contributed by atoms with Crippen LogP contribution in [0.1, 0.15) is 30.1 Å². The minimum absolute atomic E-state index is 0.602. The smallest absolute Gasteiger partial charge is 0.0951 e. The van der Waals surface area contributed by atoms with E-state index in [0.29, 0.717) is 5.92 Å². The predicted octanol–water partition coefficient (Wildman–Crippen LogP) is 1.85. The predicted molar refractivity (Wildman–Crippen MR) is 68.3 cm³/mol. The molecule has 90 valence electrons. The molecule has 0 aromatic carbocycles. The third-order valence-electron chi connectivity index (χ3n) is 3.28. The largest absolute Gasteiger partial charge is 0.328 e. The second kappa shape index (κ2) is 4.98. The van der Waals surface area contributed by atoms with Gasteiger partial charge in [-0.05, 0) is 19.4 Å². The van der Waals surface area contributed by atoms with E-state index < -0.39 is 0 Å². The first-order valence-corrected chi connectivity index (χ1v) is 6.95. The maximum Gasteiger partial charge on any atom is 0.0951 e. The van der Waals surface area contributed by atoms with Crippen LogP contribution in [0.25, 0.3) is 0 Å². The third kappa shape index (κ3) is 2.40. The van der Waals surface area contributed by atoms with Crippen molar-refractivity contribution in [3.63, 3.8) is 0 Å². The molecular formula is C12H16N4S. The van der Waals surface area contributed by atoms with Gasteiger partial charge in [0.25, 0.3) is 0 Å². The van der Waals surface area contributed by atoms with Gasteiger partial charge in [-0.25, -0.2) is 9.97 Å². The number of thiazole rings is 1. The fraction of sp³-hybridized carbons (Fsp3) is 0.500. The van der Waals surface area contributed by atoms with Crippen molar-refractivity contribution in [3.05, 3.63) is 34.8 Å². The lowest BCUT2D eigenvalue weighted by Gasteiger charge is -2.23. The maximum atomic E-state index is 4.33. The Hall–Kier alpha value is -1.20. The van der Waals surface area contributed by atoms with Gasteiger partial charge >= 0.3 is 0 Å². The van der Waals surface area contributed by atoms with Gasteiger partial charge in [-0.3, -0.25) is 0 Å². The lowest BCUT2D eigenvalue weighted by atomic mass is 9.96. The van der Waals surface area contributed by atoms with E-state index in [1.54, 1.807) is 11.3 Å². The van der Waals surface area contributed by atoms with Gasteiger partial charge in [0.15, 0.2) is 0 Å². The molecule has 0 saturated carbocycles. The summed E-state index contributed by atoms with van der Waals surface area (Å²) >= 11 is 1.65. The molecule has 4 nitrogen and oxygen atoms in total. The molecule has 0 amide bonds. The standard InChI is InChI=1S/C12H16N4S/c1-2-10(4-13-3-1)12-5-14-8-16(12)6-11-7-17-9-15-11/h5,7-10,13H,1-4,6H2. The zero-order valence-electron chi connectivity index (χ0n) is 9.67. The highest BCUT2D eigenvalue weighted by Gasteiger charge is 2.18. The van der Waals surface area contributed by atoms with Crippen LogP contribution in [0.15, 0.2) is 23.4 Å². The number of rotatable bonds is 3. The highest BCUT2D eigenvalue weighted by molar-refractivity contribution is 7.07. The second-order valence-corrected chi connectivity index (χ2v) is 5.19. The van der Waals surface area contributed by atoms with Crippen LogP contribution in [0.4, 0.5) is 0 Å². The highest BCUT2D eigenvalue weighted by atomic mass is 32.1. The van der Waals surface area contributed by atoms with E-state index in [1.165, 1.54) is 18.5 Å². The summed E-state index contributed by atoms with van der Waals surface area (Å²) in [6.07, 6.45) is 6.44. The first kappa shape index (κ1) is 10.9. The molecule has 3 heterocycles. The highest BCUT2D eigenvalue weighted by Crippen LogP contribution is 2.23. The van der Waals surface area contributed by atoms with Gasteiger partial charge in [-0.2, -0.15) is 0 Å². The number of hydrogen-bond donors (Lipinski definition) is 1. The quantitative estimate of drug-likeness (QED) is 0.901. The molecule has 17 heavy (non-hydrogen) atoms. The zero-order chi connectivity index (χ0) is 11.5. The van der Waals surface area contributed by atoms with Crippen LogP contribution in [-0.4, -0.2) is 27.6 Å². The fourth-order valence-electron chi connectivity index (χ4n) is 2.40. The molecule has 1 unspecified atom stereocenters. The first-order chi connectivity index (χ1) is 8.43. The molecule has 3 rings (SSSR count). The Kier molecular flexibility index (Phi) is 3.20. The third-order valence-corrected chi connectivity index (χ3v) is 3.91. The number of nitrogens with zero attached hydrogens (tertiary/aromatic N) is 3. The first-order valence-electron chi connectivity index (χ1n) is 6.01. The lowest BCUT2D eigenvalue weighted by Crippen LogP contribution is -2.29. The summed E-state index contributed by atoms with van der Waals surface area (Å²) < 4.78 is 2.23. The molecule has 0 aliphatic carbocycles. The van der Waals surface area contributed by atoms with Crippen molar-refractivity contribution in [3.8, 4) is 0 Å². The molecule has 1 fully saturated rings. The van der Waals surface area contributed by atoms with Gasteiger partial charge in [0.1, 0.15) is 0 Å². The Labute approximate surface area is 105 Å². The molecule has 2 aromatic heterocycles. The SMILES string of the molecule is c1nc(Cn2cncc2C2CCCNC2)cs1. The van der Waals surface area contributed by atoms with Gasteiger partial charge in [-0.1, -0.05) is 0 Å². The van der Waals surface area contributed by atoms with E-state index in [-0.39, 0.29) is 0 Å². The van der Waals surface area contributed by atoms with E-state index in [4.69, 9.17) is 0 Å². The second-order valence-electron chi connectivity index (χ2n) is 4.47. The Morgan fingerprint density at radius 3 is 3.29 bits per heavy atom. The molecule has 1 N–H and O–H groups in total. The fourth-order valence-corrected chi connectivity index (χ4v) is 2.95. The topological polar surface area (TPSA) is 42.7 Å².